The Bertz CT molecular complexity index is 1490. The molecule has 4 aromatic rings. The number of amides is 1. The molecule has 0 bridgehead atoms. The smallest absolute Gasteiger partial charge is 0.251 e. The van der Waals surface area contributed by atoms with Crippen LogP contribution in [0.3, 0.4) is 0 Å². The van der Waals surface area contributed by atoms with E-state index < -0.39 is 0 Å². The molecule has 1 saturated carbocycles. The van der Waals surface area contributed by atoms with Crippen molar-refractivity contribution in [2.45, 2.75) is 38.6 Å². The number of fused-ring (bicyclic) bond motifs is 1. The number of pyridine rings is 1. The lowest BCUT2D eigenvalue weighted by Crippen LogP contribution is -2.31. The maximum atomic E-state index is 12.0. The van der Waals surface area contributed by atoms with Gasteiger partial charge in [0, 0.05) is 54.2 Å². The van der Waals surface area contributed by atoms with Crippen molar-refractivity contribution in [2.75, 3.05) is 26.0 Å². The number of ketones is 1. The van der Waals surface area contributed by atoms with Crippen molar-refractivity contribution in [1.29, 1.82) is 0 Å². The molecule has 1 fully saturated rings. The van der Waals surface area contributed by atoms with Crippen LogP contribution in [0.15, 0.2) is 49.1 Å². The summed E-state index contributed by atoms with van der Waals surface area (Å²) in [6.45, 7) is 4.35. The second-order valence-corrected chi connectivity index (χ2v) is 9.77. The summed E-state index contributed by atoms with van der Waals surface area (Å²) in [7, 11) is 3.21. The molecule has 1 aliphatic rings. The molecular weight excluding hydrogens is 482 g/mol. The number of carbonyl (C=O) groups excluding carboxylic acids is 2. The molecule has 3 heterocycles. The second-order valence-electron chi connectivity index (χ2n) is 9.77. The zero-order valence-electron chi connectivity index (χ0n) is 21.9. The number of anilines is 1. The molecule has 5 rings (SSSR count). The fourth-order valence-electron chi connectivity index (χ4n) is 4.85. The van der Waals surface area contributed by atoms with Gasteiger partial charge in [0.2, 0.25) is 0 Å². The van der Waals surface area contributed by atoms with Crippen LogP contribution in [0.5, 0.6) is 5.75 Å². The van der Waals surface area contributed by atoms with Gasteiger partial charge in [-0.25, -0.2) is 19.6 Å². The van der Waals surface area contributed by atoms with Gasteiger partial charge in [-0.1, -0.05) is 13.0 Å². The zero-order valence-corrected chi connectivity index (χ0v) is 21.9. The van der Waals surface area contributed by atoms with Crippen LogP contribution in [0.25, 0.3) is 22.3 Å². The monoisotopic (exact) mass is 513 g/mol. The average molecular weight is 514 g/mol. The first-order chi connectivity index (χ1) is 18.4. The summed E-state index contributed by atoms with van der Waals surface area (Å²) >= 11 is 0. The molecule has 1 unspecified atom stereocenters. The quantitative estimate of drug-likeness (QED) is 0.344. The summed E-state index contributed by atoms with van der Waals surface area (Å²) in [5.41, 5.74) is 3.99. The van der Waals surface area contributed by atoms with Crippen LogP contribution in [-0.2, 0) is 4.79 Å². The molecular formula is C28H31N7O3. The highest BCUT2D eigenvalue weighted by molar-refractivity contribution is 5.94. The largest absolute Gasteiger partial charge is 0.496 e. The molecule has 0 radical (unpaired) electrons. The summed E-state index contributed by atoms with van der Waals surface area (Å²) in [5.74, 6) is 1.69. The standard InChI is InChI=1S/C28H31N7O3/c1-16(23-6-5-18(28(37)29-3)10-25(23)38-4)12-30-26-11-24(32-15-33-26)20-7-21-14-34-35(27(21)31-13-20)22-8-19(9-22)17(2)36/h5-7,10-11,13-16,19,22H,8-9,12H2,1-4H3,(H,29,37)(H,30,32,33). The van der Waals surface area contributed by atoms with E-state index in [0.29, 0.717) is 23.7 Å². The van der Waals surface area contributed by atoms with Crippen molar-refractivity contribution in [3.05, 3.63) is 60.2 Å². The van der Waals surface area contributed by atoms with Crippen molar-refractivity contribution < 1.29 is 14.3 Å². The summed E-state index contributed by atoms with van der Waals surface area (Å²) in [5, 5.41) is 11.5. The molecule has 10 heteroatoms. The van der Waals surface area contributed by atoms with Crippen LogP contribution >= 0.6 is 0 Å². The molecule has 10 nitrogen and oxygen atoms in total. The lowest BCUT2D eigenvalue weighted by molar-refractivity contribution is -0.124. The first-order valence-corrected chi connectivity index (χ1v) is 12.7. The number of nitrogens with zero attached hydrogens (tertiary/aromatic N) is 5. The fourth-order valence-corrected chi connectivity index (χ4v) is 4.85. The molecule has 0 saturated heterocycles. The van der Waals surface area contributed by atoms with Crippen molar-refractivity contribution >= 4 is 28.5 Å². The predicted octanol–water partition coefficient (Wildman–Crippen LogP) is 4.01. The van der Waals surface area contributed by atoms with E-state index in [9.17, 15) is 9.59 Å². The van der Waals surface area contributed by atoms with Gasteiger partial charge in [0.25, 0.3) is 5.91 Å². The second kappa shape index (κ2) is 10.6. The Morgan fingerprint density at radius 3 is 2.68 bits per heavy atom. The van der Waals surface area contributed by atoms with Crippen molar-refractivity contribution in [2.24, 2.45) is 5.92 Å². The Balaban J connectivity index is 1.28. The van der Waals surface area contributed by atoms with Gasteiger partial charge in [-0.05, 0) is 43.5 Å². The van der Waals surface area contributed by atoms with Crippen LogP contribution in [0.4, 0.5) is 5.82 Å². The van der Waals surface area contributed by atoms with Gasteiger partial charge >= 0.3 is 0 Å². The normalized spacial score (nSPS) is 17.5. The van der Waals surface area contributed by atoms with Crippen molar-refractivity contribution in [1.82, 2.24) is 30.0 Å². The van der Waals surface area contributed by atoms with Crippen LogP contribution in [0.2, 0.25) is 0 Å². The lowest BCUT2D eigenvalue weighted by atomic mass is 9.78. The van der Waals surface area contributed by atoms with Crippen molar-refractivity contribution in [3.63, 3.8) is 0 Å². The van der Waals surface area contributed by atoms with Gasteiger partial charge < -0.3 is 15.4 Å². The Kier molecular flexibility index (Phi) is 7.04. The van der Waals surface area contributed by atoms with Gasteiger partial charge in [-0.3, -0.25) is 9.59 Å². The molecule has 0 spiro atoms. The molecule has 1 aliphatic carbocycles. The number of benzene rings is 1. The first-order valence-electron chi connectivity index (χ1n) is 12.7. The predicted molar refractivity (Wildman–Crippen MR) is 144 cm³/mol. The molecule has 2 N–H and O–H groups in total. The van der Waals surface area contributed by atoms with Crippen LogP contribution < -0.4 is 15.4 Å². The van der Waals surface area contributed by atoms with Crippen molar-refractivity contribution in [3.8, 4) is 17.0 Å². The van der Waals surface area contributed by atoms with Crippen LogP contribution in [0.1, 0.15) is 54.6 Å². The molecule has 196 valence electrons. The minimum absolute atomic E-state index is 0.0973. The van der Waals surface area contributed by atoms with E-state index in [1.165, 1.54) is 6.33 Å². The van der Waals surface area contributed by atoms with Gasteiger partial charge in [-0.15, -0.1) is 0 Å². The number of aromatic nitrogens is 5. The highest BCUT2D eigenvalue weighted by Crippen LogP contribution is 2.39. The number of nitrogens with one attached hydrogen (secondary N) is 2. The van der Waals surface area contributed by atoms with E-state index in [0.717, 1.165) is 40.7 Å². The maximum Gasteiger partial charge on any atom is 0.251 e. The molecule has 38 heavy (non-hydrogen) atoms. The molecule has 0 aliphatic heterocycles. The summed E-state index contributed by atoms with van der Waals surface area (Å²) < 4.78 is 7.48. The Morgan fingerprint density at radius 2 is 1.95 bits per heavy atom. The average Bonchev–Trinajstić information content (AvgIpc) is 3.32. The van der Waals surface area contributed by atoms with E-state index in [1.807, 2.05) is 29.1 Å². The number of Topliss-reactive ketones (excluding diaryl/α,β-unsaturated/α-hetero) is 1. The van der Waals surface area contributed by atoms with E-state index in [-0.39, 0.29) is 29.6 Å². The fraction of sp³-hybridized carbons (Fsp3) is 0.357. The van der Waals surface area contributed by atoms with Crippen LogP contribution in [-0.4, -0.2) is 57.1 Å². The van der Waals surface area contributed by atoms with Gasteiger partial charge in [0.15, 0.2) is 5.65 Å². The third kappa shape index (κ3) is 4.93. The maximum absolute atomic E-state index is 12.0. The highest BCUT2D eigenvalue weighted by atomic mass is 16.5. The Hall–Kier alpha value is -4.34. The van der Waals surface area contributed by atoms with Gasteiger partial charge in [0.1, 0.15) is 23.7 Å². The topological polar surface area (TPSA) is 124 Å². The number of carbonyl (C=O) groups is 2. The molecule has 3 aromatic heterocycles. The Labute approximate surface area is 220 Å². The number of ether oxygens (including phenoxy) is 1. The number of methoxy groups -OCH3 is 1. The van der Waals surface area contributed by atoms with E-state index >= 15 is 0 Å². The Morgan fingerprint density at radius 1 is 1.13 bits per heavy atom. The number of rotatable bonds is 9. The first kappa shape index (κ1) is 25.3. The highest BCUT2D eigenvalue weighted by Gasteiger charge is 2.35. The van der Waals surface area contributed by atoms with Gasteiger partial charge in [-0.2, -0.15) is 5.10 Å². The van der Waals surface area contributed by atoms with Gasteiger partial charge in [0.05, 0.1) is 25.0 Å². The van der Waals surface area contributed by atoms with E-state index in [2.05, 4.69) is 37.6 Å². The van der Waals surface area contributed by atoms with E-state index in [4.69, 9.17) is 4.74 Å². The summed E-state index contributed by atoms with van der Waals surface area (Å²) in [4.78, 5) is 37.0. The molecule has 1 atom stereocenters. The lowest BCUT2D eigenvalue weighted by Gasteiger charge is -2.33. The minimum atomic E-state index is -0.154. The summed E-state index contributed by atoms with van der Waals surface area (Å²) in [6.07, 6.45) is 6.79. The molecule has 1 amide bonds. The SMILES string of the molecule is CNC(=O)c1ccc(C(C)CNc2cc(-c3cnc4c(cnn4C4CC(C(C)=O)C4)c3)ncn2)c(OC)c1. The minimum Gasteiger partial charge on any atom is -0.496 e. The van der Waals surface area contributed by atoms with E-state index in [1.54, 1.807) is 39.4 Å². The third-order valence-corrected chi connectivity index (χ3v) is 7.27. The number of hydrogen-bond donors (Lipinski definition) is 2. The zero-order chi connectivity index (χ0) is 26.8. The van der Waals surface area contributed by atoms with Crippen LogP contribution in [0, 0.1) is 5.92 Å². The third-order valence-electron chi connectivity index (χ3n) is 7.27. The molecule has 1 aromatic carbocycles. The number of hydrogen-bond acceptors (Lipinski definition) is 8. The summed E-state index contributed by atoms with van der Waals surface area (Å²) in [6, 6.07) is 9.62.